The number of anilines is 1. The van der Waals surface area contributed by atoms with Gasteiger partial charge < -0.3 is 24.3 Å². The average Bonchev–Trinajstić information content (AvgIpc) is 3.02. The molecule has 0 spiro atoms. The van der Waals surface area contributed by atoms with Gasteiger partial charge in [-0.05, 0) is 91.3 Å². The number of esters is 2. The number of ether oxygens (including phenoxy) is 4. The van der Waals surface area contributed by atoms with Crippen molar-refractivity contribution in [1.29, 1.82) is 0 Å². The van der Waals surface area contributed by atoms with E-state index in [2.05, 4.69) is 15.8 Å². The van der Waals surface area contributed by atoms with E-state index in [1.165, 1.54) is 44.5 Å². The van der Waals surface area contributed by atoms with E-state index in [9.17, 15) is 19.2 Å². The molecule has 0 heterocycles. The molecule has 0 unspecified atom stereocenters. The Morgan fingerprint density at radius 2 is 1.47 bits per heavy atom. The van der Waals surface area contributed by atoms with Crippen LogP contribution in [0.25, 0.3) is 0 Å². The number of hydrogen-bond acceptors (Lipinski definition) is 9. The van der Waals surface area contributed by atoms with Crippen molar-refractivity contribution in [2.24, 2.45) is 5.10 Å². The minimum Gasteiger partial charge on any atom is -0.493 e. The van der Waals surface area contributed by atoms with E-state index in [4.69, 9.17) is 30.5 Å². The molecule has 0 aliphatic carbocycles. The second-order valence-electron chi connectivity index (χ2n) is 9.23. The normalized spacial score (nSPS) is 10.6. The summed E-state index contributed by atoms with van der Waals surface area (Å²) in [4.78, 5) is 49.4. The summed E-state index contributed by atoms with van der Waals surface area (Å²) in [7, 11) is 1.39. The van der Waals surface area contributed by atoms with Crippen molar-refractivity contribution in [3.63, 3.8) is 0 Å². The monoisotopic (exact) mass is 629 g/mol. The number of carbonyl (C=O) groups is 4. The minimum atomic E-state index is -0.573. The Morgan fingerprint density at radius 1 is 0.778 bits per heavy atom. The third kappa shape index (κ3) is 8.91. The molecule has 0 fully saturated rings. The van der Waals surface area contributed by atoms with Crippen LogP contribution in [0, 0.1) is 0 Å². The van der Waals surface area contributed by atoms with Gasteiger partial charge in [0.05, 0.1) is 25.5 Å². The topological polar surface area (TPSA) is 142 Å². The van der Waals surface area contributed by atoms with Gasteiger partial charge in [-0.25, -0.2) is 10.2 Å². The first kappa shape index (κ1) is 32.2. The van der Waals surface area contributed by atoms with Crippen molar-refractivity contribution in [3.8, 4) is 23.0 Å². The van der Waals surface area contributed by atoms with Crippen molar-refractivity contribution >= 4 is 47.3 Å². The van der Waals surface area contributed by atoms with E-state index in [0.29, 0.717) is 34.2 Å². The molecule has 0 aromatic heterocycles. The summed E-state index contributed by atoms with van der Waals surface area (Å²) in [5.74, 6) is -1.15. The smallest absolute Gasteiger partial charge is 0.343 e. The number of methoxy groups -OCH3 is 1. The van der Waals surface area contributed by atoms with E-state index in [0.717, 1.165) is 0 Å². The third-order valence-electron chi connectivity index (χ3n) is 5.99. The summed E-state index contributed by atoms with van der Waals surface area (Å²) in [5, 5.41) is 7.23. The Labute approximate surface area is 263 Å². The van der Waals surface area contributed by atoms with Crippen LogP contribution in [-0.2, 0) is 4.79 Å². The molecule has 0 radical (unpaired) electrons. The van der Waals surface area contributed by atoms with E-state index in [-0.39, 0.29) is 28.4 Å². The largest absolute Gasteiger partial charge is 0.493 e. The summed E-state index contributed by atoms with van der Waals surface area (Å²) < 4.78 is 21.4. The van der Waals surface area contributed by atoms with Crippen LogP contribution < -0.4 is 29.7 Å². The lowest BCUT2D eigenvalue weighted by atomic mass is 10.1. The van der Waals surface area contributed by atoms with Gasteiger partial charge in [0.15, 0.2) is 23.0 Å². The lowest BCUT2D eigenvalue weighted by Gasteiger charge is -2.11. The molecule has 0 aliphatic rings. The summed E-state index contributed by atoms with van der Waals surface area (Å²) in [5.41, 5.74) is 4.20. The number of benzene rings is 4. The van der Waals surface area contributed by atoms with Gasteiger partial charge in [0, 0.05) is 28.8 Å². The van der Waals surface area contributed by atoms with Gasteiger partial charge in [0.1, 0.15) is 0 Å². The number of halogens is 1. The second-order valence-corrected chi connectivity index (χ2v) is 9.67. The SMILES string of the molecule is CCOc1cc(C=NNC(=O)c2cccc(NC(=O)c3ccc(OC(C)=O)c(OC)c3)c2)ccc1OC(=O)c1ccc(Cl)cc1. The van der Waals surface area contributed by atoms with Crippen LogP contribution in [0.4, 0.5) is 5.69 Å². The molecule has 0 aliphatic heterocycles. The summed E-state index contributed by atoms with van der Waals surface area (Å²) in [6.07, 6.45) is 1.41. The summed E-state index contributed by atoms with van der Waals surface area (Å²) >= 11 is 5.89. The van der Waals surface area contributed by atoms with Gasteiger partial charge in [0.25, 0.3) is 11.8 Å². The van der Waals surface area contributed by atoms with Gasteiger partial charge in [-0.3, -0.25) is 14.4 Å². The molecule has 2 amide bonds. The molecule has 12 heteroatoms. The van der Waals surface area contributed by atoms with Gasteiger partial charge in [-0.1, -0.05) is 17.7 Å². The highest BCUT2D eigenvalue weighted by atomic mass is 35.5. The zero-order chi connectivity index (χ0) is 32.3. The highest BCUT2D eigenvalue weighted by Gasteiger charge is 2.15. The Hall–Kier alpha value is -5.68. The fraction of sp³-hybridized carbons (Fsp3) is 0.121. The standard InChI is InChI=1S/C33H28ClN3O8/c1-4-43-30-16-21(8-14-28(30)45-33(41)22-9-12-25(34)13-10-22)19-35-37-32(40)23-6-5-7-26(17-23)36-31(39)24-11-15-27(44-20(2)38)29(18-24)42-3/h5-19H,4H2,1-3H3,(H,36,39)(H,37,40). The fourth-order valence-corrected chi connectivity index (χ4v) is 4.05. The first-order valence-corrected chi connectivity index (χ1v) is 13.9. The molecule has 4 aromatic carbocycles. The minimum absolute atomic E-state index is 0.184. The molecular weight excluding hydrogens is 602 g/mol. The molecule has 230 valence electrons. The summed E-state index contributed by atoms with van der Waals surface area (Å²) in [6.45, 7) is 3.37. The number of hydrogen-bond donors (Lipinski definition) is 2. The van der Waals surface area contributed by atoms with E-state index in [1.807, 2.05) is 0 Å². The van der Waals surface area contributed by atoms with E-state index in [1.54, 1.807) is 67.6 Å². The van der Waals surface area contributed by atoms with Crippen molar-refractivity contribution < 1.29 is 38.1 Å². The molecule has 2 N–H and O–H groups in total. The van der Waals surface area contributed by atoms with E-state index < -0.39 is 23.8 Å². The predicted molar refractivity (Wildman–Crippen MR) is 168 cm³/mol. The van der Waals surface area contributed by atoms with Gasteiger partial charge in [-0.2, -0.15) is 5.10 Å². The molecule has 0 saturated carbocycles. The number of carbonyl (C=O) groups excluding carboxylic acids is 4. The highest BCUT2D eigenvalue weighted by molar-refractivity contribution is 6.30. The fourth-order valence-electron chi connectivity index (χ4n) is 3.92. The number of amides is 2. The zero-order valence-corrected chi connectivity index (χ0v) is 25.2. The maximum absolute atomic E-state index is 12.8. The number of rotatable bonds is 11. The Kier molecular flexibility index (Phi) is 10.9. The maximum Gasteiger partial charge on any atom is 0.343 e. The Balaban J connectivity index is 1.39. The molecule has 45 heavy (non-hydrogen) atoms. The third-order valence-corrected chi connectivity index (χ3v) is 6.24. The zero-order valence-electron chi connectivity index (χ0n) is 24.5. The molecule has 0 bridgehead atoms. The van der Waals surface area contributed by atoms with Crippen LogP contribution in [0.1, 0.15) is 50.5 Å². The quantitative estimate of drug-likeness (QED) is 0.0903. The summed E-state index contributed by atoms with van der Waals surface area (Å²) in [6, 6.07) is 21.8. The Bertz CT molecular complexity index is 1760. The van der Waals surface area contributed by atoms with Crippen molar-refractivity contribution in [1.82, 2.24) is 5.43 Å². The number of nitrogens with one attached hydrogen (secondary N) is 2. The van der Waals surface area contributed by atoms with Crippen LogP contribution in [0.3, 0.4) is 0 Å². The highest BCUT2D eigenvalue weighted by Crippen LogP contribution is 2.30. The van der Waals surface area contributed by atoms with E-state index >= 15 is 0 Å². The molecule has 0 atom stereocenters. The second kappa shape index (κ2) is 15.2. The lowest BCUT2D eigenvalue weighted by molar-refractivity contribution is -0.132. The lowest BCUT2D eigenvalue weighted by Crippen LogP contribution is -2.18. The first-order valence-electron chi connectivity index (χ1n) is 13.5. The van der Waals surface area contributed by atoms with Crippen LogP contribution in [0.15, 0.2) is 90.0 Å². The Morgan fingerprint density at radius 3 is 2.18 bits per heavy atom. The van der Waals surface area contributed by atoms with Gasteiger partial charge in [-0.15, -0.1) is 0 Å². The van der Waals surface area contributed by atoms with Crippen LogP contribution in [-0.4, -0.2) is 43.7 Å². The van der Waals surface area contributed by atoms with Gasteiger partial charge in [0.2, 0.25) is 0 Å². The maximum atomic E-state index is 12.8. The molecule has 4 rings (SSSR count). The average molecular weight is 630 g/mol. The van der Waals surface area contributed by atoms with Gasteiger partial charge >= 0.3 is 11.9 Å². The van der Waals surface area contributed by atoms with Crippen LogP contribution in [0.5, 0.6) is 23.0 Å². The molecule has 11 nitrogen and oxygen atoms in total. The molecular formula is C33H28ClN3O8. The van der Waals surface area contributed by atoms with Crippen LogP contribution in [0.2, 0.25) is 5.02 Å². The predicted octanol–water partition coefficient (Wildman–Crippen LogP) is 5.91. The van der Waals surface area contributed by atoms with Crippen molar-refractivity contribution in [2.75, 3.05) is 19.0 Å². The first-order chi connectivity index (χ1) is 21.7. The van der Waals surface area contributed by atoms with Crippen molar-refractivity contribution in [3.05, 3.63) is 112 Å². The number of hydrazone groups is 1. The molecule has 0 saturated heterocycles. The molecule has 4 aromatic rings. The van der Waals surface area contributed by atoms with Crippen molar-refractivity contribution in [2.45, 2.75) is 13.8 Å². The van der Waals surface area contributed by atoms with Crippen LogP contribution >= 0.6 is 11.6 Å². The number of nitrogens with zero attached hydrogens (tertiary/aromatic N) is 1.